The monoisotopic (exact) mass is 723 g/mol. The molecular formula is C54H33N3. The Balaban J connectivity index is 1.08. The first-order valence-electron chi connectivity index (χ1n) is 19.7. The zero-order valence-electron chi connectivity index (χ0n) is 30.9. The van der Waals surface area contributed by atoms with Gasteiger partial charge in [-0.15, -0.1) is 0 Å². The number of aromatic nitrogens is 3. The van der Waals surface area contributed by atoms with Crippen molar-refractivity contribution in [2.24, 2.45) is 0 Å². The third kappa shape index (κ3) is 3.92. The van der Waals surface area contributed by atoms with Crippen molar-refractivity contribution in [2.75, 3.05) is 0 Å². The molecule has 0 amide bonds. The van der Waals surface area contributed by atoms with Crippen molar-refractivity contribution >= 4 is 43.7 Å². The fourth-order valence-corrected chi connectivity index (χ4v) is 10.6. The van der Waals surface area contributed by atoms with Crippen LogP contribution in [-0.4, -0.2) is 14.1 Å². The van der Waals surface area contributed by atoms with Gasteiger partial charge in [-0.2, -0.15) is 0 Å². The summed E-state index contributed by atoms with van der Waals surface area (Å²) in [7, 11) is 0. The summed E-state index contributed by atoms with van der Waals surface area (Å²) in [6, 6.07) is 71.7. The predicted molar refractivity (Wildman–Crippen MR) is 235 cm³/mol. The highest BCUT2D eigenvalue weighted by molar-refractivity contribution is 6.15. The van der Waals surface area contributed by atoms with Gasteiger partial charge >= 0.3 is 0 Å². The van der Waals surface area contributed by atoms with Gasteiger partial charge in [-0.1, -0.05) is 146 Å². The van der Waals surface area contributed by atoms with Gasteiger partial charge < -0.3 is 4.57 Å². The molecule has 0 saturated carbocycles. The highest BCUT2D eigenvalue weighted by Gasteiger charge is 2.51. The van der Waals surface area contributed by atoms with Crippen molar-refractivity contribution in [3.8, 4) is 44.8 Å². The highest BCUT2D eigenvalue weighted by Crippen LogP contribution is 2.63. The van der Waals surface area contributed by atoms with Crippen LogP contribution in [0.3, 0.4) is 0 Å². The van der Waals surface area contributed by atoms with Crippen LogP contribution < -0.4 is 0 Å². The second kappa shape index (κ2) is 11.3. The fourth-order valence-electron chi connectivity index (χ4n) is 10.6. The molecular weight excluding hydrogens is 691 g/mol. The van der Waals surface area contributed by atoms with Gasteiger partial charge in [0.15, 0.2) is 0 Å². The standard InChI is InChI=1S/C54H33N3/c1-2-14-35(15-3-1)56-51-33-36(57-50-26-11-7-19-41(50)44-22-13-31-55-53(44)57)28-29-42(51)43-21-12-20-37(52(43)56)34-27-30-49-45(32-34)40-18-6-10-25-48(40)54(49)46-23-8-4-16-38(46)39-17-5-9-24-47(39)54/h1-33H. The lowest BCUT2D eigenvalue weighted by molar-refractivity contribution is 0.794. The number of fused-ring (bicyclic) bond motifs is 16. The van der Waals surface area contributed by atoms with E-state index in [0.29, 0.717) is 0 Å². The van der Waals surface area contributed by atoms with Crippen molar-refractivity contribution in [3.05, 3.63) is 223 Å². The summed E-state index contributed by atoms with van der Waals surface area (Å²) in [5, 5.41) is 4.81. The minimum atomic E-state index is -0.360. The summed E-state index contributed by atoms with van der Waals surface area (Å²) in [5.41, 5.74) is 19.5. The molecule has 3 heterocycles. The largest absolute Gasteiger partial charge is 0.309 e. The highest BCUT2D eigenvalue weighted by atomic mass is 15.1. The van der Waals surface area contributed by atoms with E-state index < -0.39 is 0 Å². The number of pyridine rings is 1. The first-order chi connectivity index (χ1) is 28.3. The topological polar surface area (TPSA) is 22.8 Å². The van der Waals surface area contributed by atoms with E-state index >= 15 is 0 Å². The second-order valence-corrected chi connectivity index (χ2v) is 15.4. The van der Waals surface area contributed by atoms with Gasteiger partial charge in [0.2, 0.25) is 0 Å². The molecule has 0 saturated heterocycles. The molecule has 2 aliphatic carbocycles. The number of nitrogens with zero attached hydrogens (tertiary/aromatic N) is 3. The minimum absolute atomic E-state index is 0.360. The number of hydrogen-bond donors (Lipinski definition) is 0. The third-order valence-electron chi connectivity index (χ3n) is 12.8. The lowest BCUT2D eigenvalue weighted by atomic mass is 9.70. The van der Waals surface area contributed by atoms with Crippen molar-refractivity contribution in [2.45, 2.75) is 5.41 Å². The summed E-state index contributed by atoms with van der Waals surface area (Å²) in [6.07, 6.45) is 1.89. The van der Waals surface area contributed by atoms with Gasteiger partial charge in [-0.25, -0.2) is 4.98 Å². The second-order valence-electron chi connectivity index (χ2n) is 15.4. The Labute approximate surface area is 329 Å². The molecule has 2 aliphatic rings. The van der Waals surface area contributed by atoms with Gasteiger partial charge in [-0.05, 0) is 98.6 Å². The lowest BCUT2D eigenvalue weighted by Crippen LogP contribution is -2.25. The van der Waals surface area contributed by atoms with E-state index in [-0.39, 0.29) is 5.41 Å². The van der Waals surface area contributed by atoms with Crippen LogP contribution in [-0.2, 0) is 5.41 Å². The van der Waals surface area contributed by atoms with Crippen LogP contribution in [0.4, 0.5) is 0 Å². The maximum atomic E-state index is 4.90. The number of rotatable bonds is 3. The van der Waals surface area contributed by atoms with Crippen molar-refractivity contribution in [1.82, 2.24) is 14.1 Å². The smallest absolute Gasteiger partial charge is 0.145 e. The van der Waals surface area contributed by atoms with Crippen LogP contribution in [0.15, 0.2) is 200 Å². The molecule has 0 aliphatic heterocycles. The van der Waals surface area contributed by atoms with Crippen LogP contribution in [0, 0.1) is 0 Å². The lowest BCUT2D eigenvalue weighted by Gasteiger charge is -2.30. The maximum Gasteiger partial charge on any atom is 0.145 e. The molecule has 8 aromatic carbocycles. The molecule has 3 nitrogen and oxygen atoms in total. The normalized spacial score (nSPS) is 13.4. The zero-order valence-corrected chi connectivity index (χ0v) is 30.9. The molecule has 13 rings (SSSR count). The molecule has 0 fully saturated rings. The molecule has 3 heteroatoms. The van der Waals surface area contributed by atoms with E-state index in [1.54, 1.807) is 0 Å². The molecule has 3 aromatic heterocycles. The van der Waals surface area contributed by atoms with Gasteiger partial charge in [0.1, 0.15) is 5.65 Å². The Kier molecular flexibility index (Phi) is 6.10. The van der Waals surface area contributed by atoms with Crippen molar-refractivity contribution in [3.63, 3.8) is 0 Å². The number of hydrogen-bond acceptors (Lipinski definition) is 1. The van der Waals surface area contributed by atoms with E-state index in [9.17, 15) is 0 Å². The first-order valence-corrected chi connectivity index (χ1v) is 19.7. The molecule has 57 heavy (non-hydrogen) atoms. The molecule has 0 atom stereocenters. The van der Waals surface area contributed by atoms with Gasteiger partial charge in [0, 0.05) is 44.7 Å². The molecule has 0 radical (unpaired) electrons. The van der Waals surface area contributed by atoms with Crippen LogP contribution in [0.1, 0.15) is 22.3 Å². The Morgan fingerprint density at radius 3 is 1.72 bits per heavy atom. The fraction of sp³-hybridized carbons (Fsp3) is 0.0185. The average Bonchev–Trinajstić information content (AvgIpc) is 3.98. The summed E-state index contributed by atoms with van der Waals surface area (Å²) >= 11 is 0. The first kappa shape index (κ1) is 30.8. The van der Waals surface area contributed by atoms with E-state index in [0.717, 1.165) is 33.4 Å². The molecule has 1 spiro atoms. The quantitative estimate of drug-likeness (QED) is 0.178. The van der Waals surface area contributed by atoms with E-state index in [2.05, 4.69) is 197 Å². The predicted octanol–water partition coefficient (Wildman–Crippen LogP) is 13.3. The van der Waals surface area contributed by atoms with E-state index in [1.165, 1.54) is 77.3 Å². The SMILES string of the molecule is c1ccc(-n2c3cc(-n4c5ccccc5c5cccnc54)ccc3c3cccc(-c4ccc5c(c4)-c4ccccc4C54c5ccccc5-c5ccccc54)c32)cc1. The minimum Gasteiger partial charge on any atom is -0.309 e. The Morgan fingerprint density at radius 1 is 0.351 bits per heavy atom. The summed E-state index contributed by atoms with van der Waals surface area (Å²) in [6.45, 7) is 0. The van der Waals surface area contributed by atoms with Gasteiger partial charge in [0.05, 0.1) is 22.0 Å². The molecule has 11 aromatic rings. The van der Waals surface area contributed by atoms with E-state index in [1.807, 2.05) is 12.3 Å². The Hall–Kier alpha value is -7.49. The van der Waals surface area contributed by atoms with Crippen LogP contribution >= 0.6 is 0 Å². The summed E-state index contributed by atoms with van der Waals surface area (Å²) in [5.74, 6) is 0. The summed E-state index contributed by atoms with van der Waals surface area (Å²) in [4.78, 5) is 4.90. The van der Waals surface area contributed by atoms with Crippen LogP contribution in [0.5, 0.6) is 0 Å². The van der Waals surface area contributed by atoms with Crippen molar-refractivity contribution in [1.29, 1.82) is 0 Å². The molecule has 0 bridgehead atoms. The molecule has 0 unspecified atom stereocenters. The van der Waals surface area contributed by atoms with E-state index in [4.69, 9.17) is 4.98 Å². The Bertz CT molecular complexity index is 3380. The maximum absolute atomic E-state index is 4.90. The van der Waals surface area contributed by atoms with Gasteiger partial charge in [-0.3, -0.25) is 4.57 Å². The summed E-state index contributed by atoms with van der Waals surface area (Å²) < 4.78 is 4.78. The molecule has 264 valence electrons. The third-order valence-corrected chi connectivity index (χ3v) is 12.8. The van der Waals surface area contributed by atoms with Crippen LogP contribution in [0.25, 0.3) is 88.5 Å². The molecule has 0 N–H and O–H groups in total. The van der Waals surface area contributed by atoms with Gasteiger partial charge in [0.25, 0.3) is 0 Å². The average molecular weight is 724 g/mol. The zero-order chi connectivity index (χ0) is 37.2. The number of benzene rings is 8. The van der Waals surface area contributed by atoms with Crippen LogP contribution in [0.2, 0.25) is 0 Å². The van der Waals surface area contributed by atoms with Crippen molar-refractivity contribution < 1.29 is 0 Å². The number of para-hydroxylation sites is 3. The Morgan fingerprint density at radius 2 is 0.947 bits per heavy atom.